The van der Waals surface area contributed by atoms with Gasteiger partial charge in [-0.15, -0.1) is 0 Å². The third kappa shape index (κ3) is 5.90. The van der Waals surface area contributed by atoms with Crippen LogP contribution in [-0.4, -0.2) is 25.9 Å². The van der Waals surface area contributed by atoms with Crippen molar-refractivity contribution in [2.75, 3.05) is 19.8 Å². The molecule has 1 aromatic carbocycles. The fraction of sp³-hybridized carbons (Fsp3) is 0.556. The second-order valence-corrected chi connectivity index (χ2v) is 5.64. The molecule has 0 aliphatic heterocycles. The van der Waals surface area contributed by atoms with Crippen LogP contribution in [0, 0.1) is 0 Å². The van der Waals surface area contributed by atoms with Gasteiger partial charge in [-0.2, -0.15) is 0 Å². The average molecular weight is 290 g/mol. The van der Waals surface area contributed by atoms with E-state index in [-0.39, 0.29) is 6.10 Å². The highest BCUT2D eigenvalue weighted by Crippen LogP contribution is 2.29. The molecule has 1 saturated carbocycles. The van der Waals surface area contributed by atoms with Crippen LogP contribution in [-0.2, 0) is 20.8 Å². The van der Waals surface area contributed by atoms with Gasteiger partial charge < -0.3 is 14.2 Å². The molecule has 0 atom stereocenters. The van der Waals surface area contributed by atoms with Crippen molar-refractivity contribution in [1.29, 1.82) is 0 Å². The first-order valence-electron chi connectivity index (χ1n) is 7.82. The molecule has 0 amide bonds. The Morgan fingerprint density at radius 1 is 1.05 bits per heavy atom. The van der Waals surface area contributed by atoms with E-state index in [1.807, 2.05) is 18.2 Å². The number of rotatable bonds is 9. The van der Waals surface area contributed by atoms with Gasteiger partial charge in [-0.25, -0.2) is 0 Å². The summed E-state index contributed by atoms with van der Waals surface area (Å²) in [6, 6.07) is 10.2. The lowest BCUT2D eigenvalue weighted by atomic mass is 9.91. The van der Waals surface area contributed by atoms with Gasteiger partial charge in [0.2, 0.25) is 0 Å². The molecule has 116 valence electrons. The normalized spacial score (nSPS) is 14.1. The average Bonchev–Trinajstić information content (AvgIpc) is 2.41. The van der Waals surface area contributed by atoms with Crippen LogP contribution in [0.4, 0.5) is 0 Å². The number of ether oxygens (including phenoxy) is 3. The van der Waals surface area contributed by atoms with Crippen molar-refractivity contribution in [3.8, 4) is 0 Å². The zero-order chi connectivity index (χ0) is 14.9. The number of hydrogen-bond donors (Lipinski definition) is 0. The molecule has 0 saturated heterocycles. The molecular weight excluding hydrogens is 264 g/mol. The van der Waals surface area contributed by atoms with E-state index >= 15 is 0 Å². The summed E-state index contributed by atoms with van der Waals surface area (Å²) >= 11 is 0. The van der Waals surface area contributed by atoms with Crippen LogP contribution in [0.15, 0.2) is 41.7 Å². The molecule has 0 bridgehead atoms. The van der Waals surface area contributed by atoms with E-state index in [2.05, 4.69) is 26.0 Å². The standard InChI is InChI=1S/C18H26O3/c1-15(2)21-18(17-9-6-10-17)14-20-12-11-19-13-16-7-4-3-5-8-16/h3-5,7-8,15H,6,9-14H2,1-2H3. The maximum absolute atomic E-state index is 5.84. The summed E-state index contributed by atoms with van der Waals surface area (Å²) in [4.78, 5) is 0. The van der Waals surface area contributed by atoms with E-state index in [4.69, 9.17) is 14.2 Å². The maximum atomic E-state index is 5.84. The van der Waals surface area contributed by atoms with Crippen LogP contribution in [0.1, 0.15) is 38.7 Å². The third-order valence-electron chi connectivity index (χ3n) is 3.45. The van der Waals surface area contributed by atoms with Gasteiger partial charge in [0.05, 0.1) is 25.9 Å². The lowest BCUT2D eigenvalue weighted by Gasteiger charge is -2.24. The monoisotopic (exact) mass is 290 g/mol. The molecule has 0 radical (unpaired) electrons. The molecular formula is C18H26O3. The molecule has 0 spiro atoms. The third-order valence-corrected chi connectivity index (χ3v) is 3.45. The summed E-state index contributed by atoms with van der Waals surface area (Å²) in [6.07, 6.45) is 3.82. The fourth-order valence-electron chi connectivity index (χ4n) is 2.18. The van der Waals surface area contributed by atoms with Crippen molar-refractivity contribution < 1.29 is 14.2 Å². The Labute approximate surface area is 127 Å². The van der Waals surface area contributed by atoms with Crippen molar-refractivity contribution in [2.24, 2.45) is 0 Å². The van der Waals surface area contributed by atoms with Crippen molar-refractivity contribution in [1.82, 2.24) is 0 Å². The molecule has 0 unspecified atom stereocenters. The lowest BCUT2D eigenvalue weighted by molar-refractivity contribution is 0.0247. The molecule has 0 heterocycles. The van der Waals surface area contributed by atoms with Gasteiger partial charge in [-0.1, -0.05) is 30.3 Å². The maximum Gasteiger partial charge on any atom is 0.121 e. The molecule has 1 aliphatic rings. The van der Waals surface area contributed by atoms with Gasteiger partial charge in [0.1, 0.15) is 12.4 Å². The van der Waals surface area contributed by atoms with Gasteiger partial charge in [0, 0.05) is 0 Å². The van der Waals surface area contributed by atoms with Crippen LogP contribution in [0.25, 0.3) is 0 Å². The largest absolute Gasteiger partial charge is 0.493 e. The zero-order valence-electron chi connectivity index (χ0n) is 13.1. The van der Waals surface area contributed by atoms with Crippen LogP contribution in [0.3, 0.4) is 0 Å². The Morgan fingerprint density at radius 2 is 1.76 bits per heavy atom. The highest BCUT2D eigenvalue weighted by atomic mass is 16.5. The Balaban J connectivity index is 1.60. The van der Waals surface area contributed by atoms with Crippen LogP contribution >= 0.6 is 0 Å². The Morgan fingerprint density at radius 3 is 2.38 bits per heavy atom. The molecule has 0 aromatic heterocycles. The van der Waals surface area contributed by atoms with E-state index in [0.29, 0.717) is 26.4 Å². The van der Waals surface area contributed by atoms with Crippen molar-refractivity contribution in [2.45, 2.75) is 45.8 Å². The second kappa shape index (κ2) is 8.85. The quantitative estimate of drug-likeness (QED) is 0.506. The van der Waals surface area contributed by atoms with Crippen molar-refractivity contribution in [3.63, 3.8) is 0 Å². The van der Waals surface area contributed by atoms with Gasteiger partial charge in [-0.3, -0.25) is 0 Å². The van der Waals surface area contributed by atoms with Crippen LogP contribution in [0.2, 0.25) is 0 Å². The molecule has 3 heteroatoms. The molecule has 1 aromatic rings. The summed E-state index contributed by atoms with van der Waals surface area (Å²) in [5.74, 6) is 1.04. The van der Waals surface area contributed by atoms with Crippen molar-refractivity contribution in [3.05, 3.63) is 47.2 Å². The molecule has 2 rings (SSSR count). The van der Waals surface area contributed by atoms with E-state index in [1.54, 1.807) is 0 Å². The fourth-order valence-corrected chi connectivity index (χ4v) is 2.18. The summed E-state index contributed by atoms with van der Waals surface area (Å²) in [5, 5.41) is 0. The van der Waals surface area contributed by atoms with E-state index in [1.165, 1.54) is 17.6 Å². The Kier molecular flexibility index (Phi) is 6.77. The Hall–Kier alpha value is -1.32. The van der Waals surface area contributed by atoms with Gasteiger partial charge in [0.25, 0.3) is 0 Å². The summed E-state index contributed by atoms with van der Waals surface area (Å²) in [7, 11) is 0. The zero-order valence-corrected chi connectivity index (χ0v) is 13.1. The smallest absolute Gasteiger partial charge is 0.121 e. The predicted molar refractivity (Wildman–Crippen MR) is 84.0 cm³/mol. The lowest BCUT2D eigenvalue weighted by Crippen LogP contribution is -2.15. The van der Waals surface area contributed by atoms with Crippen molar-refractivity contribution >= 4 is 0 Å². The van der Waals surface area contributed by atoms with Crippen LogP contribution < -0.4 is 0 Å². The first-order chi connectivity index (χ1) is 10.3. The topological polar surface area (TPSA) is 27.7 Å². The first kappa shape index (κ1) is 16.1. The minimum atomic E-state index is 0.214. The predicted octanol–water partition coefficient (Wildman–Crippen LogP) is 4.08. The van der Waals surface area contributed by atoms with Gasteiger partial charge in [-0.05, 0) is 44.2 Å². The first-order valence-corrected chi connectivity index (χ1v) is 7.82. The van der Waals surface area contributed by atoms with Crippen LogP contribution in [0.5, 0.6) is 0 Å². The molecule has 1 aliphatic carbocycles. The minimum absolute atomic E-state index is 0.214. The molecule has 21 heavy (non-hydrogen) atoms. The molecule has 1 fully saturated rings. The van der Waals surface area contributed by atoms with Gasteiger partial charge >= 0.3 is 0 Å². The summed E-state index contributed by atoms with van der Waals surface area (Å²) < 4.78 is 17.1. The van der Waals surface area contributed by atoms with E-state index in [0.717, 1.165) is 18.6 Å². The SMILES string of the molecule is CC(C)OC(COCCOCc1ccccc1)=C1CCC1. The number of benzene rings is 1. The number of allylic oxidation sites excluding steroid dienone is 1. The summed E-state index contributed by atoms with van der Waals surface area (Å²) in [6.45, 7) is 6.54. The van der Waals surface area contributed by atoms with E-state index < -0.39 is 0 Å². The van der Waals surface area contributed by atoms with Gasteiger partial charge in [0.15, 0.2) is 0 Å². The number of hydrogen-bond acceptors (Lipinski definition) is 3. The minimum Gasteiger partial charge on any atom is -0.493 e. The summed E-state index contributed by atoms with van der Waals surface area (Å²) in [5.41, 5.74) is 2.62. The highest BCUT2D eigenvalue weighted by molar-refractivity contribution is 5.15. The second-order valence-electron chi connectivity index (χ2n) is 5.64. The molecule has 0 N–H and O–H groups in total. The van der Waals surface area contributed by atoms with E-state index in [9.17, 15) is 0 Å². The Bertz CT molecular complexity index is 431. The molecule has 3 nitrogen and oxygen atoms in total. The highest BCUT2D eigenvalue weighted by Gasteiger charge is 2.16.